The Labute approximate surface area is 598 Å². The van der Waals surface area contributed by atoms with Crippen molar-refractivity contribution >= 4 is 121 Å². The lowest BCUT2D eigenvalue weighted by atomic mass is 10.0. The van der Waals surface area contributed by atoms with Crippen LogP contribution < -0.4 is 36.8 Å². The molecule has 0 saturated carbocycles. The highest BCUT2D eigenvalue weighted by atomic mass is 35.5. The summed E-state index contributed by atoms with van der Waals surface area (Å²) in [5, 5.41) is 20.8. The third-order valence-electron chi connectivity index (χ3n) is 17.6. The number of fused-ring (bicyclic) bond motifs is 9. The molecule has 4 aliphatic heterocycles. The number of nitrogens with zero attached hydrogens (tertiary/aromatic N) is 13. The normalized spacial score (nSPS) is 13.7. The number of thiocarbonyl (C=S) groups is 3. The van der Waals surface area contributed by atoms with Gasteiger partial charge in [0.25, 0.3) is 0 Å². The summed E-state index contributed by atoms with van der Waals surface area (Å²) in [6, 6.07) is 26.7. The number of anilines is 10. The van der Waals surface area contributed by atoms with Gasteiger partial charge in [0, 0.05) is 126 Å². The maximum Gasteiger partial charge on any atom is 0.227 e. The van der Waals surface area contributed by atoms with E-state index in [9.17, 15) is 0 Å². The van der Waals surface area contributed by atoms with Crippen LogP contribution in [-0.2, 0) is 32.1 Å². The summed E-state index contributed by atoms with van der Waals surface area (Å²) >= 11 is 22.7. The van der Waals surface area contributed by atoms with Gasteiger partial charge in [-0.05, 0) is 211 Å². The maximum atomic E-state index is 6.20. The average molecular weight is 1390 g/mol. The molecule has 0 aliphatic carbocycles. The van der Waals surface area contributed by atoms with Gasteiger partial charge in [-0.2, -0.15) is 0 Å². The molecular weight excluding hydrogens is 1300 g/mol. The van der Waals surface area contributed by atoms with Crippen molar-refractivity contribution in [1.29, 1.82) is 0 Å². The minimum absolute atomic E-state index is 0.534. The van der Waals surface area contributed by atoms with E-state index in [1.54, 1.807) is 0 Å². The number of benzene rings is 3. The number of unbranched alkanes of at least 4 members (excludes halogenated alkanes) is 1. The number of nitrogens with one attached hydrogen (secondary N) is 6. The first-order valence-electron chi connectivity index (χ1n) is 33.7. The molecular formula is C75H88ClN19S3. The minimum Gasteiger partial charge on any atom is -0.360 e. The number of rotatable bonds is 19. The lowest BCUT2D eigenvalue weighted by Gasteiger charge is -2.26. The van der Waals surface area contributed by atoms with Crippen LogP contribution in [0.1, 0.15) is 94.6 Å². The third-order valence-corrected chi connectivity index (χ3v) is 18.6. The van der Waals surface area contributed by atoms with Crippen molar-refractivity contribution in [3.63, 3.8) is 0 Å². The van der Waals surface area contributed by atoms with Crippen LogP contribution in [-0.4, -0.2) is 149 Å². The molecule has 19 nitrogen and oxygen atoms in total. The number of halogens is 1. The first-order valence-corrected chi connectivity index (χ1v) is 35.3. The van der Waals surface area contributed by atoms with Crippen LogP contribution in [0, 0.1) is 34.6 Å². The standard InChI is InChI=1S/C26H30N6S.C25H31N7S.C24H27ClN6S/c1-17-6-7-21-23(12-17)29-24(33)14-20-16-28-26(31-25(20)21)30-22-13-19(15-27-18(22)2)8-11-32-9-4-3-5-10-32;1-16-7-8-19-21(13-16)28-23(33)14-18-15-26-25(30-24(18)19)29-20-9-10-22(27-17(20)2)32(5)12-6-11-31(3)4;1-15-20(10-16(13-26-15)6-4-5-9-31(2)3)29-24-27-14-17-11-22(32)28-21-12-18(25)7-8-19(21)23(17)30-24/h6-7,12-13,15-16H,3-5,8-11,14H2,1-2H3,(H,29,33)(H,28,30,31);7-10,13,15H,6,11-12,14H2,1-5H3,(H,28,33)(H,26,29,30);7-8,10,12-14H,4-6,9,11H2,1-3H3,(H,28,32)(H,27,29,30). The fourth-order valence-electron chi connectivity index (χ4n) is 12.3. The molecule has 13 rings (SSSR count). The number of piperidine rings is 1. The molecule has 3 aromatic carbocycles. The predicted octanol–water partition coefficient (Wildman–Crippen LogP) is 15.2. The first kappa shape index (κ1) is 70.7. The van der Waals surface area contributed by atoms with Crippen LogP contribution in [0.5, 0.6) is 0 Å². The molecule has 98 heavy (non-hydrogen) atoms. The number of aromatic nitrogens is 9. The second-order valence-corrected chi connectivity index (χ2v) is 28.2. The van der Waals surface area contributed by atoms with Gasteiger partial charge in [0.1, 0.15) is 5.82 Å². The number of hydrogen-bond donors (Lipinski definition) is 6. The summed E-state index contributed by atoms with van der Waals surface area (Å²) in [7, 11) is 10.5. The molecule has 0 spiro atoms. The summed E-state index contributed by atoms with van der Waals surface area (Å²) in [6.07, 6.45) is 20.8. The van der Waals surface area contributed by atoms with Crippen LogP contribution in [0.4, 0.5) is 57.8 Å². The summed E-state index contributed by atoms with van der Waals surface area (Å²) < 4.78 is 0. The molecule has 1 fully saturated rings. The van der Waals surface area contributed by atoms with Gasteiger partial charge in [-0.1, -0.05) is 78.9 Å². The Morgan fingerprint density at radius 2 is 0.918 bits per heavy atom. The Balaban J connectivity index is 0.000000149. The fourth-order valence-corrected chi connectivity index (χ4v) is 13.2. The van der Waals surface area contributed by atoms with Crippen molar-refractivity contribution in [2.75, 3.05) is 111 Å². The van der Waals surface area contributed by atoms with Gasteiger partial charge in [-0.3, -0.25) is 9.97 Å². The van der Waals surface area contributed by atoms with Crippen LogP contribution in [0.2, 0.25) is 5.02 Å². The van der Waals surface area contributed by atoms with Crippen LogP contribution in [0.15, 0.2) is 110 Å². The smallest absolute Gasteiger partial charge is 0.227 e. The van der Waals surface area contributed by atoms with Crippen molar-refractivity contribution in [3.8, 4) is 33.8 Å². The molecule has 0 bridgehead atoms. The molecule has 0 amide bonds. The van der Waals surface area contributed by atoms with E-state index in [0.29, 0.717) is 42.1 Å². The van der Waals surface area contributed by atoms with Gasteiger partial charge in [0.15, 0.2) is 0 Å². The van der Waals surface area contributed by atoms with E-state index in [1.165, 1.54) is 54.6 Å². The SMILES string of the molecule is Cc1ccc2c(c1)NC(=S)Cc1cnc(Nc3cc(CCN4CCCCC4)cnc3C)nc1-2.Cc1ccc2c(c1)NC(=S)Cc1cnc(Nc3ccc(N(C)CCCN(C)C)nc3C)nc1-2.Cc1ncc(CCCCN(C)C)cc1Nc1ncc2c(n1)-c1ccc(Cl)cc1NC(=S)C2. The highest BCUT2D eigenvalue weighted by Gasteiger charge is 2.24. The Bertz CT molecular complexity index is 4380. The molecule has 6 aromatic heterocycles. The lowest BCUT2D eigenvalue weighted by Crippen LogP contribution is -2.31. The van der Waals surface area contributed by atoms with Gasteiger partial charge in [-0.15, -0.1) is 0 Å². The molecule has 508 valence electrons. The molecule has 9 aromatic rings. The zero-order chi connectivity index (χ0) is 69.0. The topological polar surface area (TPSA) is 201 Å². The first-order chi connectivity index (χ1) is 47.2. The van der Waals surface area contributed by atoms with Gasteiger partial charge in [-0.25, -0.2) is 34.9 Å². The molecule has 1 saturated heterocycles. The number of aryl methyl sites for hydroxylation is 6. The van der Waals surface area contributed by atoms with E-state index in [-0.39, 0.29) is 0 Å². The van der Waals surface area contributed by atoms with Gasteiger partial charge in [0.05, 0.1) is 66.2 Å². The van der Waals surface area contributed by atoms with Crippen molar-refractivity contribution in [1.82, 2.24) is 59.6 Å². The summed E-state index contributed by atoms with van der Waals surface area (Å²) in [5.74, 6) is 2.62. The predicted molar refractivity (Wildman–Crippen MR) is 415 cm³/mol. The Hall–Kier alpha value is -8.61. The molecule has 6 N–H and O–H groups in total. The summed E-state index contributed by atoms with van der Waals surface area (Å²) in [5.41, 5.74) is 21.9. The maximum absolute atomic E-state index is 6.20. The Morgan fingerprint density at radius 3 is 1.41 bits per heavy atom. The number of hydrogen-bond acceptors (Lipinski definition) is 19. The zero-order valence-electron chi connectivity index (χ0n) is 57.8. The van der Waals surface area contributed by atoms with E-state index in [2.05, 4.69) is 174 Å². The summed E-state index contributed by atoms with van der Waals surface area (Å²) in [4.78, 5) is 53.8. The van der Waals surface area contributed by atoms with Gasteiger partial charge in [0.2, 0.25) is 17.8 Å². The molecule has 4 aliphatic rings. The van der Waals surface area contributed by atoms with Crippen molar-refractivity contribution in [2.24, 2.45) is 0 Å². The van der Waals surface area contributed by atoms with Crippen molar-refractivity contribution in [2.45, 2.75) is 105 Å². The van der Waals surface area contributed by atoms with E-state index in [1.807, 2.05) is 82.1 Å². The monoisotopic (exact) mass is 1390 g/mol. The van der Waals surface area contributed by atoms with E-state index < -0.39 is 0 Å². The van der Waals surface area contributed by atoms with Crippen molar-refractivity contribution < 1.29 is 0 Å². The highest BCUT2D eigenvalue weighted by Crippen LogP contribution is 2.38. The van der Waals surface area contributed by atoms with Gasteiger partial charge >= 0.3 is 0 Å². The fraction of sp³-hybridized carbons (Fsp3) is 0.360. The lowest BCUT2D eigenvalue weighted by molar-refractivity contribution is 0.231. The highest BCUT2D eigenvalue weighted by molar-refractivity contribution is 7.81. The quantitative estimate of drug-likeness (QED) is 0.0329. The largest absolute Gasteiger partial charge is 0.360 e. The van der Waals surface area contributed by atoms with E-state index in [0.717, 1.165) is 181 Å². The molecule has 0 radical (unpaired) electrons. The number of pyridine rings is 3. The van der Waals surface area contributed by atoms with Crippen molar-refractivity contribution in [3.05, 3.63) is 171 Å². The van der Waals surface area contributed by atoms with Crippen LogP contribution in [0.3, 0.4) is 0 Å². The zero-order valence-corrected chi connectivity index (χ0v) is 61.0. The van der Waals surface area contributed by atoms with E-state index >= 15 is 0 Å². The van der Waals surface area contributed by atoms with Gasteiger partial charge < -0.3 is 51.5 Å². The minimum atomic E-state index is 0.534. The number of likely N-dealkylation sites (tertiary alicyclic amines) is 1. The Morgan fingerprint density at radius 1 is 0.459 bits per heavy atom. The molecule has 0 unspecified atom stereocenters. The second-order valence-electron chi connectivity index (χ2n) is 26.3. The summed E-state index contributed by atoms with van der Waals surface area (Å²) in [6.45, 7) is 16.8. The Kier molecular flexibility index (Phi) is 23.7. The second kappa shape index (κ2) is 32.8. The molecule has 0 atom stereocenters. The van der Waals surface area contributed by atoms with E-state index in [4.69, 9.17) is 68.2 Å². The molecule has 10 heterocycles. The van der Waals surface area contributed by atoms with Crippen LogP contribution >= 0.6 is 48.3 Å². The average Bonchev–Trinajstić information content (AvgIpc) is 1.60. The third kappa shape index (κ3) is 18.8. The molecule has 23 heteroatoms. The van der Waals surface area contributed by atoms with Crippen LogP contribution in [0.25, 0.3) is 33.8 Å².